The van der Waals surface area contributed by atoms with Crippen LogP contribution in [0.15, 0.2) is 11.4 Å². The smallest absolute Gasteiger partial charge is 0.250 e. The van der Waals surface area contributed by atoms with Crippen LogP contribution < -0.4 is 5.73 Å². The van der Waals surface area contributed by atoms with Gasteiger partial charge in [0.1, 0.15) is 0 Å². The molecule has 0 unspecified atom stereocenters. The molecule has 0 radical (unpaired) electrons. The van der Waals surface area contributed by atoms with Crippen LogP contribution in [0.2, 0.25) is 0 Å². The van der Waals surface area contributed by atoms with Crippen molar-refractivity contribution in [3.8, 4) is 0 Å². The molecule has 2 rings (SSSR count). The second-order valence-electron chi connectivity index (χ2n) is 2.45. The summed E-state index contributed by atoms with van der Waals surface area (Å²) in [5.74, 6) is 0.245. The summed E-state index contributed by atoms with van der Waals surface area (Å²) in [4.78, 5) is 11.4. The number of hydrogen-bond donors (Lipinski definition) is 1. The number of rotatable bonds is 1. The van der Waals surface area contributed by atoms with Crippen molar-refractivity contribution < 1.29 is 0 Å². The van der Waals surface area contributed by atoms with Crippen molar-refractivity contribution in [2.75, 3.05) is 12.0 Å². The van der Waals surface area contributed by atoms with Gasteiger partial charge in [-0.3, -0.25) is 0 Å². The Labute approximate surface area is 84.0 Å². The van der Waals surface area contributed by atoms with Crippen LogP contribution in [0.25, 0.3) is 10.5 Å². The molecule has 2 aromatic rings. The Morgan fingerprint density at radius 1 is 1.57 bits per heavy atom. The molecule has 0 aliphatic carbocycles. The quantitative estimate of drug-likeness (QED) is 0.556. The number of hydrogen-bond acceptors (Lipinski definition) is 5. The normalized spacial score (nSPS) is 10.3. The highest BCUT2D eigenvalue weighted by atomic mass is 32.2. The molecular formula is C7H6N6S. The van der Waals surface area contributed by atoms with Crippen LogP contribution in [0.4, 0.5) is 11.6 Å². The summed E-state index contributed by atoms with van der Waals surface area (Å²) in [6.07, 6.45) is 3.27. The standard InChI is InChI=1S/C7H6N6S/c1-9-4-3-10-13-5(4)11-7(14-2)12-6(13)8/h3H,2H3,(H2,8,11,12). The Hall–Kier alpha value is -1.81. The Morgan fingerprint density at radius 3 is 3.00 bits per heavy atom. The van der Waals surface area contributed by atoms with Crippen LogP contribution in [0.5, 0.6) is 0 Å². The molecule has 2 N–H and O–H groups in total. The average Bonchev–Trinajstić information content (AvgIpc) is 2.61. The largest absolute Gasteiger partial charge is 0.368 e. The summed E-state index contributed by atoms with van der Waals surface area (Å²) in [6, 6.07) is 0. The molecule has 0 spiro atoms. The number of nitrogen functional groups attached to an aromatic ring is 1. The number of fused-ring (bicyclic) bond motifs is 1. The number of nitrogens with two attached hydrogens (primary N) is 1. The molecule has 14 heavy (non-hydrogen) atoms. The van der Waals surface area contributed by atoms with Gasteiger partial charge in [0.2, 0.25) is 11.6 Å². The number of thioether (sulfide) groups is 1. The fourth-order valence-electron chi connectivity index (χ4n) is 1.04. The van der Waals surface area contributed by atoms with Gasteiger partial charge in [-0.05, 0) is 6.26 Å². The molecule has 0 aliphatic rings. The Balaban J connectivity index is 2.82. The van der Waals surface area contributed by atoms with Crippen molar-refractivity contribution in [2.45, 2.75) is 5.16 Å². The van der Waals surface area contributed by atoms with Gasteiger partial charge in [-0.15, -0.1) is 0 Å². The molecule has 0 bridgehead atoms. The lowest BCUT2D eigenvalue weighted by molar-refractivity contribution is 0.852. The van der Waals surface area contributed by atoms with Crippen molar-refractivity contribution in [2.24, 2.45) is 0 Å². The highest BCUT2D eigenvalue weighted by molar-refractivity contribution is 7.98. The third-order valence-electron chi connectivity index (χ3n) is 1.66. The highest BCUT2D eigenvalue weighted by Crippen LogP contribution is 2.21. The van der Waals surface area contributed by atoms with Gasteiger partial charge >= 0.3 is 0 Å². The van der Waals surface area contributed by atoms with Crippen molar-refractivity contribution in [3.63, 3.8) is 0 Å². The van der Waals surface area contributed by atoms with Crippen molar-refractivity contribution >= 4 is 29.0 Å². The van der Waals surface area contributed by atoms with E-state index in [1.54, 1.807) is 0 Å². The second kappa shape index (κ2) is 3.16. The van der Waals surface area contributed by atoms with Crippen LogP contribution in [-0.2, 0) is 0 Å². The van der Waals surface area contributed by atoms with Crippen LogP contribution in [-0.4, -0.2) is 25.8 Å². The molecule has 0 amide bonds. The van der Waals surface area contributed by atoms with E-state index >= 15 is 0 Å². The van der Waals surface area contributed by atoms with Gasteiger partial charge in [0, 0.05) is 0 Å². The summed E-state index contributed by atoms with van der Waals surface area (Å²) in [7, 11) is 0. The first-order valence-electron chi connectivity index (χ1n) is 3.69. The minimum absolute atomic E-state index is 0.245. The average molecular weight is 206 g/mol. The first kappa shape index (κ1) is 8.77. The molecule has 2 heterocycles. The molecular weight excluding hydrogens is 200 g/mol. The number of aromatic nitrogens is 4. The molecule has 0 saturated heterocycles. The van der Waals surface area contributed by atoms with E-state index in [2.05, 4.69) is 19.9 Å². The lowest BCUT2D eigenvalue weighted by Crippen LogP contribution is -2.04. The van der Waals surface area contributed by atoms with Crippen LogP contribution in [0, 0.1) is 6.57 Å². The van der Waals surface area contributed by atoms with E-state index in [4.69, 9.17) is 12.3 Å². The predicted octanol–water partition coefficient (Wildman–Crippen LogP) is 0.979. The lowest BCUT2D eigenvalue weighted by Gasteiger charge is -2.00. The Bertz CT molecular complexity index is 525. The van der Waals surface area contributed by atoms with Crippen molar-refractivity contribution in [1.29, 1.82) is 0 Å². The van der Waals surface area contributed by atoms with E-state index < -0.39 is 0 Å². The van der Waals surface area contributed by atoms with Crippen molar-refractivity contribution in [1.82, 2.24) is 19.6 Å². The maximum atomic E-state index is 6.90. The maximum absolute atomic E-state index is 6.90. The van der Waals surface area contributed by atoms with E-state index in [9.17, 15) is 0 Å². The monoisotopic (exact) mass is 206 g/mol. The summed E-state index contributed by atoms with van der Waals surface area (Å²) < 4.78 is 1.35. The predicted molar refractivity (Wildman–Crippen MR) is 53.2 cm³/mol. The Kier molecular flexibility index (Phi) is 1.98. The number of nitrogens with zero attached hydrogens (tertiary/aromatic N) is 5. The highest BCUT2D eigenvalue weighted by Gasteiger charge is 2.09. The van der Waals surface area contributed by atoms with Gasteiger partial charge in [-0.1, -0.05) is 11.8 Å². The summed E-state index contributed by atoms with van der Waals surface area (Å²) >= 11 is 1.37. The van der Waals surface area contributed by atoms with Gasteiger partial charge in [0.25, 0.3) is 0 Å². The summed E-state index contributed by atoms with van der Waals surface area (Å²) in [5.41, 5.74) is 6.47. The number of anilines is 1. The third-order valence-corrected chi connectivity index (χ3v) is 2.20. The van der Waals surface area contributed by atoms with E-state index in [0.717, 1.165) is 0 Å². The molecule has 0 aliphatic heterocycles. The molecule has 70 valence electrons. The molecule has 0 aromatic carbocycles. The summed E-state index contributed by atoms with van der Waals surface area (Å²) in [6.45, 7) is 6.90. The van der Waals surface area contributed by atoms with Crippen LogP contribution in [0.1, 0.15) is 0 Å². The van der Waals surface area contributed by atoms with Crippen LogP contribution >= 0.6 is 11.8 Å². The van der Waals surface area contributed by atoms with E-state index in [1.807, 2.05) is 6.26 Å². The zero-order valence-electron chi connectivity index (χ0n) is 7.30. The van der Waals surface area contributed by atoms with E-state index in [-0.39, 0.29) is 5.95 Å². The van der Waals surface area contributed by atoms with Gasteiger partial charge in [-0.25, -0.2) is 9.83 Å². The van der Waals surface area contributed by atoms with Gasteiger partial charge in [0.15, 0.2) is 10.8 Å². The minimum Gasteiger partial charge on any atom is -0.368 e. The zero-order valence-corrected chi connectivity index (χ0v) is 8.12. The molecule has 0 fully saturated rings. The zero-order chi connectivity index (χ0) is 10.1. The maximum Gasteiger partial charge on any atom is 0.250 e. The molecule has 7 heteroatoms. The molecule has 0 saturated carbocycles. The fourth-order valence-corrected chi connectivity index (χ4v) is 1.40. The minimum atomic E-state index is 0.245. The first-order chi connectivity index (χ1) is 6.76. The van der Waals surface area contributed by atoms with Gasteiger partial charge in [0.05, 0.1) is 12.8 Å². The topological polar surface area (TPSA) is 73.5 Å². The SMILES string of the molecule is [C-]#[N+]c1cnn2c(N)nc(SC)nc12. The Morgan fingerprint density at radius 2 is 2.36 bits per heavy atom. The van der Waals surface area contributed by atoms with E-state index in [0.29, 0.717) is 16.5 Å². The third kappa shape index (κ3) is 1.16. The van der Waals surface area contributed by atoms with Crippen LogP contribution in [0.3, 0.4) is 0 Å². The summed E-state index contributed by atoms with van der Waals surface area (Å²) in [5, 5.41) is 4.45. The second-order valence-corrected chi connectivity index (χ2v) is 3.22. The van der Waals surface area contributed by atoms with Gasteiger partial charge in [-0.2, -0.15) is 14.6 Å². The van der Waals surface area contributed by atoms with E-state index in [1.165, 1.54) is 22.5 Å². The molecule has 2 aromatic heterocycles. The fraction of sp³-hybridized carbons (Fsp3) is 0.143. The first-order valence-corrected chi connectivity index (χ1v) is 4.91. The van der Waals surface area contributed by atoms with Gasteiger partial charge < -0.3 is 5.73 Å². The lowest BCUT2D eigenvalue weighted by atomic mass is 10.5. The van der Waals surface area contributed by atoms with Crippen molar-refractivity contribution in [3.05, 3.63) is 17.6 Å². The molecule has 6 nitrogen and oxygen atoms in total. The molecule has 0 atom stereocenters.